The number of rotatable bonds is 4. The summed E-state index contributed by atoms with van der Waals surface area (Å²) >= 11 is 0. The van der Waals surface area contributed by atoms with Crippen LogP contribution in [0.2, 0.25) is 0 Å². The minimum Gasteiger partial charge on any atom is -0.410 e. The number of alkyl halides is 3. The molecule has 1 aromatic heterocycles. The number of benzene rings is 2. The molecule has 0 saturated heterocycles. The Morgan fingerprint density at radius 2 is 1.60 bits per heavy atom. The Hall–Kier alpha value is -3.14. The molecule has 0 radical (unpaired) electrons. The zero-order chi connectivity index (χ0) is 22.3. The Morgan fingerprint density at radius 1 is 1.03 bits per heavy atom. The predicted molar refractivity (Wildman–Crippen MR) is 103 cm³/mol. The molecule has 30 heavy (non-hydrogen) atoms. The minimum absolute atomic E-state index is 0.0518. The van der Waals surface area contributed by atoms with Gasteiger partial charge in [0.25, 0.3) is 0 Å². The molecule has 3 rings (SSSR count). The number of aromatic nitrogens is 1. The molecule has 0 saturated carbocycles. The number of oxime groups is 1. The van der Waals surface area contributed by atoms with Crippen molar-refractivity contribution in [2.75, 3.05) is 6.26 Å². The normalized spacial score (nSPS) is 12.9. The second kappa shape index (κ2) is 7.60. The van der Waals surface area contributed by atoms with Crippen LogP contribution < -0.4 is 0 Å². The topological polar surface area (TPSA) is 71.7 Å². The van der Waals surface area contributed by atoms with Crippen LogP contribution in [-0.4, -0.2) is 36.3 Å². The van der Waals surface area contributed by atoms with Crippen molar-refractivity contribution < 1.29 is 31.2 Å². The van der Waals surface area contributed by atoms with Crippen LogP contribution in [-0.2, 0) is 9.84 Å². The van der Waals surface area contributed by atoms with Crippen molar-refractivity contribution in [1.29, 1.82) is 0 Å². The van der Waals surface area contributed by atoms with E-state index in [1.165, 1.54) is 54.0 Å². The van der Waals surface area contributed by atoms with E-state index in [0.29, 0.717) is 11.3 Å². The van der Waals surface area contributed by atoms with Gasteiger partial charge in [-0.3, -0.25) is 0 Å². The third kappa shape index (κ3) is 4.09. The molecule has 1 N–H and O–H groups in total. The Balaban J connectivity index is 2.28. The predicted octanol–water partition coefficient (Wildman–Crippen LogP) is 4.74. The molecular weight excluding hydrogens is 424 g/mol. The van der Waals surface area contributed by atoms with Crippen LogP contribution in [0.3, 0.4) is 0 Å². The molecule has 0 unspecified atom stereocenters. The lowest BCUT2D eigenvalue weighted by Gasteiger charge is -2.13. The lowest BCUT2D eigenvalue weighted by atomic mass is 10.1. The average Bonchev–Trinajstić information content (AvgIpc) is 2.98. The van der Waals surface area contributed by atoms with Gasteiger partial charge in [-0.15, -0.1) is 0 Å². The molecule has 5 nitrogen and oxygen atoms in total. The van der Waals surface area contributed by atoms with E-state index in [-0.39, 0.29) is 21.8 Å². The van der Waals surface area contributed by atoms with Gasteiger partial charge in [-0.2, -0.15) is 13.2 Å². The highest BCUT2D eigenvalue weighted by Crippen LogP contribution is 2.34. The van der Waals surface area contributed by atoms with Gasteiger partial charge in [0.15, 0.2) is 15.5 Å². The minimum atomic E-state index is -4.91. The molecule has 1 heterocycles. The summed E-state index contributed by atoms with van der Waals surface area (Å²) in [6.07, 6.45) is -3.87. The van der Waals surface area contributed by atoms with Gasteiger partial charge in [-0.05, 0) is 55.0 Å². The summed E-state index contributed by atoms with van der Waals surface area (Å²) in [5, 5.41) is 11.4. The summed E-state index contributed by atoms with van der Waals surface area (Å²) in [6, 6.07) is 11.9. The third-order valence-corrected chi connectivity index (χ3v) is 5.66. The molecule has 10 heteroatoms. The van der Waals surface area contributed by atoms with Crippen molar-refractivity contribution in [3.63, 3.8) is 0 Å². The first-order chi connectivity index (χ1) is 13.9. The molecule has 0 aliphatic rings. The summed E-state index contributed by atoms with van der Waals surface area (Å²) in [4.78, 5) is 0.0518. The van der Waals surface area contributed by atoms with Crippen molar-refractivity contribution in [2.24, 2.45) is 5.16 Å². The van der Waals surface area contributed by atoms with E-state index < -0.39 is 27.5 Å². The first kappa shape index (κ1) is 21.6. The molecule has 0 aliphatic heterocycles. The van der Waals surface area contributed by atoms with Gasteiger partial charge >= 0.3 is 6.18 Å². The van der Waals surface area contributed by atoms with Crippen LogP contribution in [0, 0.1) is 12.7 Å². The Labute approximate surface area is 169 Å². The molecule has 0 fully saturated rings. The Morgan fingerprint density at radius 3 is 2.07 bits per heavy atom. The molecule has 0 amide bonds. The second-order valence-electron chi connectivity index (χ2n) is 6.58. The lowest BCUT2D eigenvalue weighted by molar-refractivity contribution is -0.0601. The van der Waals surface area contributed by atoms with Crippen molar-refractivity contribution in [3.05, 3.63) is 71.7 Å². The fourth-order valence-electron chi connectivity index (χ4n) is 3.12. The molecule has 158 valence electrons. The number of halogens is 4. The molecule has 3 aromatic rings. The zero-order valence-electron chi connectivity index (χ0n) is 15.8. The molecule has 0 aliphatic carbocycles. The van der Waals surface area contributed by atoms with Gasteiger partial charge in [0.1, 0.15) is 5.82 Å². The van der Waals surface area contributed by atoms with E-state index in [0.717, 1.165) is 18.4 Å². The standard InChI is InChI=1S/C20H16F4N2O3S/c1-12-17(19(25-27)20(22,23)24)11-18(26(12)15-7-5-14(21)6-8-15)13-3-9-16(10-4-13)30(2,28)29/h3-11,27H,1-2H3/b25-19-. The smallest absolute Gasteiger partial charge is 0.410 e. The fourth-order valence-corrected chi connectivity index (χ4v) is 3.75. The van der Waals surface area contributed by atoms with Crippen molar-refractivity contribution >= 4 is 15.5 Å². The van der Waals surface area contributed by atoms with E-state index in [1.807, 2.05) is 0 Å². The van der Waals surface area contributed by atoms with Gasteiger partial charge in [-0.1, -0.05) is 17.3 Å². The highest BCUT2D eigenvalue weighted by Gasteiger charge is 2.40. The summed E-state index contributed by atoms with van der Waals surface area (Å²) < 4.78 is 78.2. The number of hydrogen-bond acceptors (Lipinski definition) is 4. The summed E-state index contributed by atoms with van der Waals surface area (Å²) in [6.45, 7) is 1.41. The Kier molecular flexibility index (Phi) is 5.46. The first-order valence-corrected chi connectivity index (χ1v) is 10.4. The summed E-state index contributed by atoms with van der Waals surface area (Å²) in [5.41, 5.74) is -0.665. The van der Waals surface area contributed by atoms with Crippen LogP contribution in [0.5, 0.6) is 0 Å². The first-order valence-electron chi connectivity index (χ1n) is 8.52. The zero-order valence-corrected chi connectivity index (χ0v) is 16.6. The van der Waals surface area contributed by atoms with E-state index in [4.69, 9.17) is 5.21 Å². The van der Waals surface area contributed by atoms with Gasteiger partial charge in [0.05, 0.1) is 10.6 Å². The van der Waals surface area contributed by atoms with Crippen molar-refractivity contribution in [3.8, 4) is 16.9 Å². The summed E-state index contributed by atoms with van der Waals surface area (Å²) in [7, 11) is -3.46. The van der Waals surface area contributed by atoms with Crippen LogP contribution >= 0.6 is 0 Å². The quantitative estimate of drug-likeness (QED) is 0.276. The van der Waals surface area contributed by atoms with Gasteiger partial charge in [-0.25, -0.2) is 12.8 Å². The second-order valence-corrected chi connectivity index (χ2v) is 8.60. The maximum absolute atomic E-state index is 13.4. The van der Waals surface area contributed by atoms with E-state index in [1.54, 1.807) is 0 Å². The van der Waals surface area contributed by atoms with Crippen LogP contribution in [0.4, 0.5) is 17.6 Å². The highest BCUT2D eigenvalue weighted by molar-refractivity contribution is 7.90. The highest BCUT2D eigenvalue weighted by atomic mass is 32.2. The molecule has 0 spiro atoms. The van der Waals surface area contributed by atoms with Crippen molar-refractivity contribution in [1.82, 2.24) is 4.57 Å². The van der Waals surface area contributed by atoms with Gasteiger partial charge in [0, 0.05) is 23.2 Å². The van der Waals surface area contributed by atoms with Crippen LogP contribution in [0.25, 0.3) is 16.9 Å². The van der Waals surface area contributed by atoms with E-state index >= 15 is 0 Å². The average molecular weight is 440 g/mol. The van der Waals surface area contributed by atoms with Crippen molar-refractivity contribution in [2.45, 2.75) is 18.0 Å². The molecule has 0 bridgehead atoms. The van der Waals surface area contributed by atoms with Gasteiger partial charge in [0.2, 0.25) is 0 Å². The van der Waals surface area contributed by atoms with Gasteiger partial charge < -0.3 is 9.77 Å². The monoisotopic (exact) mass is 440 g/mol. The Bertz CT molecular complexity index is 1210. The molecule has 0 atom stereocenters. The van der Waals surface area contributed by atoms with E-state index in [9.17, 15) is 26.0 Å². The van der Waals surface area contributed by atoms with Crippen LogP contribution in [0.15, 0.2) is 64.6 Å². The lowest BCUT2D eigenvalue weighted by Crippen LogP contribution is -2.24. The van der Waals surface area contributed by atoms with Crippen LogP contribution in [0.1, 0.15) is 11.3 Å². The number of hydrogen-bond donors (Lipinski definition) is 1. The number of nitrogens with zero attached hydrogens (tertiary/aromatic N) is 2. The maximum Gasteiger partial charge on any atom is 0.437 e. The third-order valence-electron chi connectivity index (χ3n) is 4.53. The molecule has 2 aromatic carbocycles. The number of sulfone groups is 1. The molecular formula is C20H16F4N2O3S. The van der Waals surface area contributed by atoms with E-state index in [2.05, 4.69) is 5.16 Å². The SMILES string of the molecule is Cc1c(/C(=N/O)C(F)(F)F)cc(-c2ccc(S(C)(=O)=O)cc2)n1-c1ccc(F)cc1. The fraction of sp³-hybridized carbons (Fsp3) is 0.150. The summed E-state index contributed by atoms with van der Waals surface area (Å²) in [5.74, 6) is -0.518. The maximum atomic E-state index is 13.4. The largest absolute Gasteiger partial charge is 0.437 e.